The van der Waals surface area contributed by atoms with Crippen molar-refractivity contribution in [2.24, 2.45) is 0 Å². The summed E-state index contributed by atoms with van der Waals surface area (Å²) in [6.45, 7) is 3.56. The third-order valence-electron chi connectivity index (χ3n) is 5.79. The molecule has 0 saturated carbocycles. The van der Waals surface area contributed by atoms with Gasteiger partial charge in [0.15, 0.2) is 17.3 Å². The van der Waals surface area contributed by atoms with E-state index in [-0.39, 0.29) is 68.5 Å². The van der Waals surface area contributed by atoms with E-state index in [1.54, 1.807) is 54.7 Å². The molecule has 0 aliphatic heterocycles. The highest BCUT2D eigenvalue weighted by Crippen LogP contribution is 2.11. The summed E-state index contributed by atoms with van der Waals surface area (Å²) in [5.74, 6) is -0.214. The lowest BCUT2D eigenvalue weighted by Crippen LogP contribution is -2.19. The topological polar surface area (TPSA) is 160 Å². The Morgan fingerprint density at radius 1 is 0.829 bits per heavy atom. The second kappa shape index (κ2) is 13.8. The SMILES string of the molecule is CC(=O)c1ccc(NC(=O)Cn2cc(COCCOc3cn(CC(=O)Cc4cccc(C(C)=O)c4)nn3)nn2)cc1. The lowest BCUT2D eigenvalue weighted by molar-refractivity contribution is -0.119. The Kier molecular flexibility index (Phi) is 9.78. The quantitative estimate of drug-likeness (QED) is 0.169. The summed E-state index contributed by atoms with van der Waals surface area (Å²) in [6, 6.07) is 13.6. The van der Waals surface area contributed by atoms with Crippen LogP contribution in [0, 0.1) is 0 Å². The monoisotopic (exact) mass is 559 g/mol. The fourth-order valence-corrected chi connectivity index (χ4v) is 3.79. The van der Waals surface area contributed by atoms with Gasteiger partial charge in [-0.1, -0.05) is 33.7 Å². The van der Waals surface area contributed by atoms with Gasteiger partial charge in [0.25, 0.3) is 5.88 Å². The number of carbonyl (C=O) groups is 4. The fraction of sp³-hybridized carbons (Fsp3) is 0.286. The molecule has 0 bridgehead atoms. The third kappa shape index (κ3) is 9.00. The van der Waals surface area contributed by atoms with Gasteiger partial charge in [-0.15, -0.1) is 5.10 Å². The molecule has 0 aliphatic rings. The van der Waals surface area contributed by atoms with E-state index in [9.17, 15) is 19.2 Å². The molecule has 4 aromatic rings. The average molecular weight is 560 g/mol. The number of hydrogen-bond donors (Lipinski definition) is 1. The number of aromatic nitrogens is 6. The molecule has 0 spiro atoms. The summed E-state index contributed by atoms with van der Waals surface area (Å²) >= 11 is 0. The molecule has 2 aromatic carbocycles. The summed E-state index contributed by atoms with van der Waals surface area (Å²) in [6.07, 6.45) is 3.31. The van der Waals surface area contributed by atoms with E-state index < -0.39 is 0 Å². The first-order valence-electron chi connectivity index (χ1n) is 12.8. The van der Waals surface area contributed by atoms with Crippen LogP contribution in [0.3, 0.4) is 0 Å². The van der Waals surface area contributed by atoms with Crippen molar-refractivity contribution >= 4 is 28.9 Å². The van der Waals surface area contributed by atoms with Crippen LogP contribution < -0.4 is 10.1 Å². The summed E-state index contributed by atoms with van der Waals surface area (Å²) < 4.78 is 13.9. The van der Waals surface area contributed by atoms with Crippen molar-refractivity contribution in [3.8, 4) is 5.88 Å². The van der Waals surface area contributed by atoms with Gasteiger partial charge in [0.2, 0.25) is 5.91 Å². The zero-order chi connectivity index (χ0) is 29.2. The number of rotatable bonds is 15. The smallest absolute Gasteiger partial charge is 0.253 e. The van der Waals surface area contributed by atoms with E-state index >= 15 is 0 Å². The van der Waals surface area contributed by atoms with Crippen LogP contribution in [0.25, 0.3) is 0 Å². The summed E-state index contributed by atoms with van der Waals surface area (Å²) in [5, 5.41) is 18.5. The molecule has 0 unspecified atom stereocenters. The number of amides is 1. The zero-order valence-corrected chi connectivity index (χ0v) is 22.6. The molecule has 1 N–H and O–H groups in total. The molecule has 0 fully saturated rings. The zero-order valence-electron chi connectivity index (χ0n) is 22.6. The van der Waals surface area contributed by atoms with Gasteiger partial charge in [-0.2, -0.15) is 0 Å². The average Bonchev–Trinajstić information content (AvgIpc) is 3.57. The highest BCUT2D eigenvalue weighted by Gasteiger charge is 2.11. The number of benzene rings is 2. The molecule has 13 heteroatoms. The Hall–Kier alpha value is -5.04. The Morgan fingerprint density at radius 2 is 1.56 bits per heavy atom. The Bertz CT molecular complexity index is 1530. The molecule has 212 valence electrons. The van der Waals surface area contributed by atoms with E-state index in [0.29, 0.717) is 22.5 Å². The van der Waals surface area contributed by atoms with Crippen molar-refractivity contribution in [1.29, 1.82) is 0 Å². The van der Waals surface area contributed by atoms with Gasteiger partial charge >= 0.3 is 0 Å². The molecule has 2 heterocycles. The van der Waals surface area contributed by atoms with E-state index in [4.69, 9.17) is 9.47 Å². The van der Waals surface area contributed by atoms with Gasteiger partial charge in [0.05, 0.1) is 25.6 Å². The lowest BCUT2D eigenvalue weighted by atomic mass is 10.0. The Morgan fingerprint density at radius 3 is 2.32 bits per heavy atom. The molecule has 2 aromatic heterocycles. The molecule has 0 atom stereocenters. The Labute approximate surface area is 235 Å². The highest BCUT2D eigenvalue weighted by atomic mass is 16.5. The number of carbonyl (C=O) groups excluding carboxylic acids is 4. The molecule has 4 rings (SSSR count). The first-order chi connectivity index (χ1) is 19.7. The molecule has 1 amide bonds. The molecule has 13 nitrogen and oxygen atoms in total. The molecule has 0 aliphatic carbocycles. The van der Waals surface area contributed by atoms with E-state index in [2.05, 4.69) is 25.9 Å². The second-order valence-electron chi connectivity index (χ2n) is 9.22. The number of hydrogen-bond acceptors (Lipinski definition) is 10. The summed E-state index contributed by atoms with van der Waals surface area (Å²) in [5.41, 5.74) is 3.01. The minimum atomic E-state index is -0.289. The van der Waals surface area contributed by atoms with Crippen LogP contribution in [-0.2, 0) is 40.4 Å². The molecule has 41 heavy (non-hydrogen) atoms. The molecule has 0 radical (unpaired) electrons. The highest BCUT2D eigenvalue weighted by molar-refractivity contribution is 5.96. The van der Waals surface area contributed by atoms with Crippen LogP contribution in [0.1, 0.15) is 45.8 Å². The first kappa shape index (κ1) is 29.0. The molecule has 0 saturated heterocycles. The van der Waals surface area contributed by atoms with Gasteiger partial charge < -0.3 is 14.8 Å². The van der Waals surface area contributed by atoms with Crippen LogP contribution in [0.15, 0.2) is 60.9 Å². The number of ketones is 3. The van der Waals surface area contributed by atoms with Crippen LogP contribution in [0.5, 0.6) is 5.88 Å². The predicted octanol–water partition coefficient (Wildman–Crippen LogP) is 2.32. The van der Waals surface area contributed by atoms with Gasteiger partial charge in [-0.25, -0.2) is 9.36 Å². The van der Waals surface area contributed by atoms with E-state index in [1.807, 2.05) is 0 Å². The normalized spacial score (nSPS) is 10.8. The maximum atomic E-state index is 12.4. The van der Waals surface area contributed by atoms with Crippen molar-refractivity contribution < 1.29 is 28.7 Å². The minimum absolute atomic E-state index is 0.0248. The van der Waals surface area contributed by atoms with Gasteiger partial charge in [0.1, 0.15) is 25.4 Å². The second-order valence-corrected chi connectivity index (χ2v) is 9.22. The van der Waals surface area contributed by atoms with Crippen molar-refractivity contribution in [3.63, 3.8) is 0 Å². The maximum Gasteiger partial charge on any atom is 0.253 e. The number of nitrogens with zero attached hydrogens (tertiary/aromatic N) is 6. The van der Waals surface area contributed by atoms with Crippen LogP contribution in [0.2, 0.25) is 0 Å². The van der Waals surface area contributed by atoms with Gasteiger partial charge in [0, 0.05) is 23.2 Å². The van der Waals surface area contributed by atoms with Crippen molar-refractivity contribution in [2.75, 3.05) is 18.5 Å². The largest absolute Gasteiger partial charge is 0.473 e. The number of Topliss-reactive ketones (excluding diaryl/α,β-unsaturated/α-hetero) is 3. The van der Waals surface area contributed by atoms with Crippen molar-refractivity contribution in [3.05, 3.63) is 83.3 Å². The third-order valence-corrected chi connectivity index (χ3v) is 5.79. The lowest BCUT2D eigenvalue weighted by Gasteiger charge is -2.05. The Balaban J connectivity index is 1.12. The van der Waals surface area contributed by atoms with Gasteiger partial charge in [-0.05, 0) is 49.7 Å². The maximum absolute atomic E-state index is 12.4. The number of nitrogens with one attached hydrogen (secondary N) is 1. The van der Waals surface area contributed by atoms with Crippen molar-refractivity contribution in [1.82, 2.24) is 30.0 Å². The summed E-state index contributed by atoms with van der Waals surface area (Å²) in [7, 11) is 0. The van der Waals surface area contributed by atoms with Gasteiger partial charge in [-0.3, -0.25) is 19.2 Å². The number of ether oxygens (including phenoxy) is 2. The van der Waals surface area contributed by atoms with Crippen LogP contribution in [-0.4, -0.2) is 66.5 Å². The standard InChI is InChI=1S/C28H29N7O6/c1-19(36)22-6-8-24(9-7-22)29-27(39)16-34-14-25(30-32-34)18-40-10-11-41-28-17-35(33-31-28)15-26(38)13-21-4-3-5-23(12-21)20(2)37/h3-9,12,14,17H,10-11,13,15-16,18H2,1-2H3,(H,29,39). The van der Waals surface area contributed by atoms with Crippen LogP contribution in [0.4, 0.5) is 5.69 Å². The predicted molar refractivity (Wildman–Crippen MR) is 145 cm³/mol. The van der Waals surface area contributed by atoms with E-state index in [1.165, 1.54) is 29.4 Å². The number of anilines is 1. The van der Waals surface area contributed by atoms with E-state index in [0.717, 1.165) is 5.56 Å². The molecular formula is C28H29N7O6. The first-order valence-corrected chi connectivity index (χ1v) is 12.8. The molecular weight excluding hydrogens is 530 g/mol. The summed E-state index contributed by atoms with van der Waals surface area (Å²) in [4.78, 5) is 47.5. The fourth-order valence-electron chi connectivity index (χ4n) is 3.79. The minimum Gasteiger partial charge on any atom is -0.473 e. The van der Waals surface area contributed by atoms with Crippen molar-refractivity contribution in [2.45, 2.75) is 40.0 Å². The van der Waals surface area contributed by atoms with Crippen LogP contribution >= 0.6 is 0 Å².